The van der Waals surface area contributed by atoms with Gasteiger partial charge in [0.25, 0.3) is 5.91 Å². The first-order chi connectivity index (χ1) is 10.8. The lowest BCUT2D eigenvalue weighted by atomic mass is 9.79. The van der Waals surface area contributed by atoms with Gasteiger partial charge in [-0.25, -0.2) is 0 Å². The molecule has 2 aromatic carbocycles. The van der Waals surface area contributed by atoms with Crippen molar-refractivity contribution in [2.24, 2.45) is 5.92 Å². The van der Waals surface area contributed by atoms with Crippen molar-refractivity contribution in [3.63, 3.8) is 0 Å². The number of carbonyl (C=O) groups excluding carboxylic acids is 2. The summed E-state index contributed by atoms with van der Waals surface area (Å²) in [6, 6.07) is 11.7. The van der Waals surface area contributed by atoms with Gasteiger partial charge in [0.15, 0.2) is 11.4 Å². The van der Waals surface area contributed by atoms with E-state index in [0.717, 1.165) is 5.56 Å². The zero-order valence-corrected chi connectivity index (χ0v) is 13.5. The van der Waals surface area contributed by atoms with E-state index in [1.165, 1.54) is 0 Å². The third kappa shape index (κ3) is 2.44. The summed E-state index contributed by atoms with van der Waals surface area (Å²) in [5.74, 6) is -1.81. The molecule has 0 aromatic heterocycles. The number of nitrogens with one attached hydrogen (secondary N) is 1. The average Bonchev–Trinajstić information content (AvgIpc) is 2.79. The van der Waals surface area contributed by atoms with E-state index in [0.29, 0.717) is 21.8 Å². The maximum absolute atomic E-state index is 12.7. The molecule has 0 fully saturated rings. The normalized spacial score (nSPS) is 20.8. The van der Waals surface area contributed by atoms with Crippen LogP contribution in [-0.2, 0) is 10.4 Å². The number of halogens is 1. The van der Waals surface area contributed by atoms with Gasteiger partial charge in [-0.1, -0.05) is 36.2 Å². The molecular weight excluding hydrogens is 314 g/mol. The van der Waals surface area contributed by atoms with Gasteiger partial charge in [-0.2, -0.15) is 0 Å². The molecule has 2 N–H and O–H groups in total. The lowest BCUT2D eigenvalue weighted by Gasteiger charge is -2.27. The molecule has 118 valence electrons. The number of carbonyl (C=O) groups is 2. The van der Waals surface area contributed by atoms with Gasteiger partial charge in [-0.3, -0.25) is 9.59 Å². The summed E-state index contributed by atoms with van der Waals surface area (Å²) in [6.45, 7) is 3.43. The Balaban J connectivity index is 2.03. The second-order valence-electron chi connectivity index (χ2n) is 5.86. The molecule has 0 saturated carbocycles. The van der Waals surface area contributed by atoms with Crippen LogP contribution < -0.4 is 5.32 Å². The molecule has 1 aliphatic rings. The molecule has 0 saturated heterocycles. The molecule has 1 amide bonds. The molecule has 0 bridgehead atoms. The molecule has 23 heavy (non-hydrogen) atoms. The smallest absolute Gasteiger partial charge is 0.261 e. The van der Waals surface area contributed by atoms with Crippen molar-refractivity contribution in [1.82, 2.24) is 0 Å². The molecule has 1 heterocycles. The number of hydrogen-bond acceptors (Lipinski definition) is 3. The summed E-state index contributed by atoms with van der Waals surface area (Å²) in [6.07, 6.45) is 0. The number of ketones is 1. The van der Waals surface area contributed by atoms with Gasteiger partial charge in [-0.05, 0) is 37.3 Å². The summed E-state index contributed by atoms with van der Waals surface area (Å²) in [5.41, 5.74) is 0.420. The van der Waals surface area contributed by atoms with Crippen molar-refractivity contribution in [1.29, 1.82) is 0 Å². The molecular formula is C18H16ClNO3. The fourth-order valence-corrected chi connectivity index (χ4v) is 3.03. The number of Topliss-reactive ketones (excluding diaryl/α,β-unsaturated/α-hetero) is 1. The predicted octanol–water partition coefficient (Wildman–Crippen LogP) is 3.31. The highest BCUT2D eigenvalue weighted by molar-refractivity contribution is 6.30. The van der Waals surface area contributed by atoms with Crippen LogP contribution in [0.25, 0.3) is 0 Å². The Morgan fingerprint density at radius 2 is 1.87 bits per heavy atom. The number of rotatable bonds is 3. The third-order valence-electron chi connectivity index (χ3n) is 4.33. The van der Waals surface area contributed by atoms with E-state index in [1.807, 2.05) is 13.0 Å². The minimum atomic E-state index is -1.88. The summed E-state index contributed by atoms with van der Waals surface area (Å²) in [5, 5.41) is 14.2. The number of anilines is 1. The molecule has 0 spiro atoms. The molecule has 0 aliphatic carbocycles. The second-order valence-corrected chi connectivity index (χ2v) is 6.30. The van der Waals surface area contributed by atoms with Crippen LogP contribution in [0.4, 0.5) is 5.69 Å². The van der Waals surface area contributed by atoms with Gasteiger partial charge in [0.1, 0.15) is 0 Å². The van der Waals surface area contributed by atoms with Crippen LogP contribution in [0.2, 0.25) is 5.02 Å². The molecule has 5 heteroatoms. The predicted molar refractivity (Wildman–Crippen MR) is 88.7 cm³/mol. The minimum Gasteiger partial charge on any atom is -0.375 e. The summed E-state index contributed by atoms with van der Waals surface area (Å²) in [4.78, 5) is 25.1. The van der Waals surface area contributed by atoms with E-state index in [4.69, 9.17) is 11.6 Å². The van der Waals surface area contributed by atoms with Gasteiger partial charge in [0.05, 0.1) is 5.92 Å². The Hall–Kier alpha value is -2.17. The monoisotopic (exact) mass is 329 g/mol. The lowest BCUT2D eigenvalue weighted by molar-refractivity contribution is -0.137. The van der Waals surface area contributed by atoms with Crippen LogP contribution in [0.3, 0.4) is 0 Å². The molecule has 2 atom stereocenters. The topological polar surface area (TPSA) is 66.4 Å². The Morgan fingerprint density at radius 3 is 2.52 bits per heavy atom. The van der Waals surface area contributed by atoms with Crippen LogP contribution in [0, 0.1) is 12.8 Å². The first-order valence-corrected chi connectivity index (χ1v) is 7.66. The second kappa shape index (κ2) is 5.48. The molecule has 0 unspecified atom stereocenters. The van der Waals surface area contributed by atoms with Gasteiger partial charge < -0.3 is 10.4 Å². The van der Waals surface area contributed by atoms with Crippen molar-refractivity contribution in [2.45, 2.75) is 19.4 Å². The highest BCUT2D eigenvalue weighted by Crippen LogP contribution is 2.42. The SMILES string of the molecule is Cc1ccc2c(c1)[C@@](O)([C@@H](C)C(=O)c1ccc(Cl)cc1)C(=O)N2. The molecule has 2 aromatic rings. The van der Waals surface area contributed by atoms with E-state index < -0.39 is 17.4 Å². The zero-order valence-electron chi connectivity index (χ0n) is 12.8. The Bertz CT molecular complexity index is 800. The highest BCUT2D eigenvalue weighted by Gasteiger charge is 2.52. The van der Waals surface area contributed by atoms with Crippen molar-refractivity contribution in [3.05, 3.63) is 64.2 Å². The number of benzene rings is 2. The number of amides is 1. The van der Waals surface area contributed by atoms with Crippen molar-refractivity contribution in [3.8, 4) is 0 Å². The van der Waals surface area contributed by atoms with Gasteiger partial charge in [0.2, 0.25) is 0 Å². The maximum atomic E-state index is 12.7. The van der Waals surface area contributed by atoms with E-state index >= 15 is 0 Å². The van der Waals surface area contributed by atoms with Gasteiger partial charge >= 0.3 is 0 Å². The summed E-state index contributed by atoms with van der Waals surface area (Å²) < 4.78 is 0. The van der Waals surface area contributed by atoms with Crippen LogP contribution in [0.1, 0.15) is 28.4 Å². The first-order valence-electron chi connectivity index (χ1n) is 7.28. The van der Waals surface area contributed by atoms with Gasteiger partial charge in [-0.15, -0.1) is 0 Å². The number of aliphatic hydroxyl groups is 1. The average molecular weight is 330 g/mol. The van der Waals surface area contributed by atoms with Crippen LogP contribution in [-0.4, -0.2) is 16.8 Å². The summed E-state index contributed by atoms with van der Waals surface area (Å²) >= 11 is 5.83. The fraction of sp³-hybridized carbons (Fsp3) is 0.222. The Kier molecular flexibility index (Phi) is 3.74. The Labute approximate surface area is 139 Å². The largest absolute Gasteiger partial charge is 0.375 e. The Morgan fingerprint density at radius 1 is 1.22 bits per heavy atom. The number of fused-ring (bicyclic) bond motifs is 1. The third-order valence-corrected chi connectivity index (χ3v) is 4.58. The van der Waals surface area contributed by atoms with Crippen LogP contribution in [0.5, 0.6) is 0 Å². The molecule has 4 nitrogen and oxygen atoms in total. The number of aryl methyl sites for hydroxylation is 1. The highest BCUT2D eigenvalue weighted by atomic mass is 35.5. The van der Waals surface area contributed by atoms with Crippen molar-refractivity contribution < 1.29 is 14.7 Å². The number of hydrogen-bond donors (Lipinski definition) is 2. The van der Waals surface area contributed by atoms with E-state index in [9.17, 15) is 14.7 Å². The fourth-order valence-electron chi connectivity index (χ4n) is 2.91. The maximum Gasteiger partial charge on any atom is 0.261 e. The van der Waals surface area contributed by atoms with Gasteiger partial charge in [0, 0.05) is 21.8 Å². The standard InChI is InChI=1S/C18H16ClNO3/c1-10-3-8-15-14(9-10)18(23,17(22)20-15)11(2)16(21)12-4-6-13(19)7-5-12/h3-9,11,23H,1-2H3,(H,20,22)/t11-,18-/m0/s1. The van der Waals surface area contributed by atoms with E-state index in [-0.39, 0.29) is 5.78 Å². The van der Waals surface area contributed by atoms with Crippen molar-refractivity contribution in [2.75, 3.05) is 5.32 Å². The van der Waals surface area contributed by atoms with Crippen molar-refractivity contribution >= 4 is 29.0 Å². The van der Waals surface area contributed by atoms with E-state index in [1.54, 1.807) is 43.3 Å². The summed E-state index contributed by atoms with van der Waals surface area (Å²) in [7, 11) is 0. The van der Waals surface area contributed by atoms with Crippen LogP contribution in [0.15, 0.2) is 42.5 Å². The first kappa shape index (κ1) is 15.7. The molecule has 0 radical (unpaired) electrons. The minimum absolute atomic E-state index is 0.311. The molecule has 1 aliphatic heterocycles. The quantitative estimate of drug-likeness (QED) is 0.849. The molecule has 3 rings (SSSR count). The van der Waals surface area contributed by atoms with Crippen LogP contribution >= 0.6 is 11.6 Å². The zero-order chi connectivity index (χ0) is 16.8. The lowest BCUT2D eigenvalue weighted by Crippen LogP contribution is -2.44. The van der Waals surface area contributed by atoms with E-state index in [2.05, 4.69) is 5.32 Å².